The van der Waals surface area contributed by atoms with Crippen LogP contribution < -0.4 is 29.6 Å². The Hall–Kier alpha value is -5.86. The van der Waals surface area contributed by atoms with Crippen molar-refractivity contribution >= 4 is 55.0 Å². The molecule has 0 aliphatic heterocycles. The molecule has 0 radical (unpaired) electrons. The van der Waals surface area contributed by atoms with Gasteiger partial charge in [-0.3, -0.25) is 0 Å². The van der Waals surface area contributed by atoms with Crippen LogP contribution in [0.25, 0.3) is 0 Å². The number of hydrogen-bond acceptors (Lipinski definition) is 8. The summed E-state index contributed by atoms with van der Waals surface area (Å²) in [5.74, 6) is 0.143. The van der Waals surface area contributed by atoms with Gasteiger partial charge in [0.05, 0.1) is 11.4 Å². The molecule has 4 amide bonds. The van der Waals surface area contributed by atoms with Gasteiger partial charge in [0.2, 0.25) is 0 Å². The number of rotatable bonds is 10. The zero-order chi connectivity index (χ0) is 36.1. The average Bonchev–Trinajstić information content (AvgIpc) is 3.05. The predicted molar refractivity (Wildman–Crippen MR) is 192 cm³/mol. The molecule has 0 saturated carbocycles. The van der Waals surface area contributed by atoms with Crippen LogP contribution in [0.1, 0.15) is 22.3 Å². The molecule has 0 unspecified atom stereocenters. The first-order chi connectivity index (χ1) is 23.7. The number of nitrogens with one attached hydrogen (secondary N) is 4. The van der Waals surface area contributed by atoms with Crippen molar-refractivity contribution in [3.8, 4) is 11.5 Å². The van der Waals surface area contributed by atoms with Gasteiger partial charge in [-0.15, -0.1) is 0 Å². The first kappa shape index (κ1) is 35.4. The van der Waals surface area contributed by atoms with Crippen LogP contribution in [0.5, 0.6) is 11.5 Å². The number of hydrogen-bond donors (Lipinski definition) is 4. The van der Waals surface area contributed by atoms with Crippen molar-refractivity contribution in [2.75, 3.05) is 21.3 Å². The lowest BCUT2D eigenvalue weighted by Gasteiger charge is -2.14. The zero-order valence-corrected chi connectivity index (χ0v) is 29.1. The van der Waals surface area contributed by atoms with E-state index in [4.69, 9.17) is 8.37 Å². The van der Waals surface area contributed by atoms with E-state index in [-0.39, 0.29) is 21.3 Å². The van der Waals surface area contributed by atoms with E-state index < -0.39 is 32.3 Å². The van der Waals surface area contributed by atoms with E-state index >= 15 is 0 Å². The fourth-order valence-electron chi connectivity index (χ4n) is 4.75. The van der Waals surface area contributed by atoms with Crippen molar-refractivity contribution in [1.29, 1.82) is 0 Å². The van der Waals surface area contributed by atoms with Gasteiger partial charge in [-0.25, -0.2) is 9.59 Å². The highest BCUT2D eigenvalue weighted by atomic mass is 32.2. The van der Waals surface area contributed by atoms with Crippen LogP contribution in [-0.2, 0) is 20.2 Å². The van der Waals surface area contributed by atoms with E-state index in [0.29, 0.717) is 33.9 Å². The van der Waals surface area contributed by atoms with Crippen LogP contribution in [0.2, 0.25) is 0 Å². The molecule has 0 aliphatic rings. The summed E-state index contributed by atoms with van der Waals surface area (Å²) in [5.41, 5.74) is 3.97. The van der Waals surface area contributed by atoms with Gasteiger partial charge >= 0.3 is 32.3 Å². The summed E-state index contributed by atoms with van der Waals surface area (Å²) in [7, 11) is -8.13. The highest BCUT2D eigenvalue weighted by Gasteiger charge is 2.21. The Balaban J connectivity index is 1.16. The zero-order valence-electron chi connectivity index (χ0n) is 27.5. The summed E-state index contributed by atoms with van der Waals surface area (Å²) in [5, 5.41) is 10.6. The second kappa shape index (κ2) is 14.7. The van der Waals surface area contributed by atoms with Crippen LogP contribution in [-0.4, -0.2) is 28.9 Å². The number of aryl methyl sites for hydroxylation is 4. The normalized spacial score (nSPS) is 11.3. The topological polar surface area (TPSA) is 169 Å². The van der Waals surface area contributed by atoms with E-state index in [1.54, 1.807) is 76.2 Å². The Bertz CT molecular complexity index is 2110. The Kier molecular flexibility index (Phi) is 10.4. The van der Waals surface area contributed by atoms with Crippen molar-refractivity contribution in [3.63, 3.8) is 0 Å². The molecule has 0 aliphatic carbocycles. The number of benzene rings is 5. The summed E-state index contributed by atoms with van der Waals surface area (Å²) >= 11 is 0. The summed E-state index contributed by atoms with van der Waals surface area (Å²) in [4.78, 5) is 25.8. The van der Waals surface area contributed by atoms with Gasteiger partial charge in [-0.05, 0) is 123 Å². The standard InChI is InChI=1S/C36H34N4O8S2/c1-23-9-11-25(3)33(21-23)49(43,44)47-29-17-13-27(14-18-29)37-35(41)39-31-7-5-6-8-32(31)40-36(42)38-28-15-19-30(20-16-28)48-50(45,46)34-22-24(2)10-12-26(34)4/h5-22H,1-4H3,(H2,37,39,41)(H2,38,40,42). The lowest BCUT2D eigenvalue weighted by atomic mass is 10.2. The van der Waals surface area contributed by atoms with Crippen LogP contribution >= 0.6 is 0 Å². The molecule has 50 heavy (non-hydrogen) atoms. The first-order valence-corrected chi connectivity index (χ1v) is 18.0. The van der Waals surface area contributed by atoms with Crippen LogP contribution in [0.15, 0.2) is 119 Å². The molecule has 0 fully saturated rings. The summed E-state index contributed by atoms with van der Waals surface area (Å²) in [6, 6.07) is 27.0. The third kappa shape index (κ3) is 8.98. The maximum Gasteiger partial charge on any atom is 0.339 e. The van der Waals surface area contributed by atoms with Gasteiger partial charge in [-0.1, -0.05) is 36.4 Å². The van der Waals surface area contributed by atoms with Crippen LogP contribution in [0.3, 0.4) is 0 Å². The molecule has 0 spiro atoms. The van der Waals surface area contributed by atoms with E-state index in [9.17, 15) is 26.4 Å². The number of carbonyl (C=O) groups excluding carboxylic acids is 2. The quantitative estimate of drug-likeness (QED) is 0.107. The molecule has 5 aromatic rings. The van der Waals surface area contributed by atoms with Crippen molar-refractivity contribution in [1.82, 2.24) is 0 Å². The Labute approximate surface area is 290 Å². The van der Waals surface area contributed by atoms with Gasteiger partial charge in [0.15, 0.2) is 0 Å². The Morgan fingerprint density at radius 2 is 0.840 bits per heavy atom. The molecule has 5 rings (SSSR count). The van der Waals surface area contributed by atoms with Gasteiger partial charge in [0.1, 0.15) is 21.3 Å². The van der Waals surface area contributed by atoms with E-state index in [2.05, 4.69) is 21.3 Å². The molecule has 0 heterocycles. The molecule has 5 aromatic carbocycles. The SMILES string of the molecule is Cc1ccc(C)c(S(=O)(=O)Oc2ccc(NC(=O)Nc3ccccc3NC(=O)Nc3ccc(OS(=O)(=O)c4cc(C)ccc4C)cc3)cc2)c1. The van der Waals surface area contributed by atoms with E-state index in [1.807, 2.05) is 12.1 Å². The molecular formula is C36H34N4O8S2. The Morgan fingerprint density at radius 3 is 1.20 bits per heavy atom. The van der Waals surface area contributed by atoms with Gasteiger partial charge in [0.25, 0.3) is 0 Å². The highest BCUT2D eigenvalue weighted by molar-refractivity contribution is 7.87. The maximum atomic E-state index is 12.8. The minimum atomic E-state index is -4.07. The molecule has 4 N–H and O–H groups in total. The van der Waals surface area contributed by atoms with Gasteiger partial charge in [0, 0.05) is 11.4 Å². The van der Waals surface area contributed by atoms with Gasteiger partial charge in [-0.2, -0.15) is 16.8 Å². The van der Waals surface area contributed by atoms with Gasteiger partial charge < -0.3 is 29.6 Å². The van der Waals surface area contributed by atoms with Crippen molar-refractivity contribution in [3.05, 3.63) is 131 Å². The molecule has 0 saturated heterocycles. The van der Waals surface area contributed by atoms with Crippen molar-refractivity contribution in [2.24, 2.45) is 0 Å². The predicted octanol–water partition coefficient (Wildman–Crippen LogP) is 7.74. The number of urea groups is 2. The highest BCUT2D eigenvalue weighted by Crippen LogP contribution is 2.27. The molecular weight excluding hydrogens is 681 g/mol. The number of para-hydroxylation sites is 2. The maximum absolute atomic E-state index is 12.8. The minimum Gasteiger partial charge on any atom is -0.379 e. The van der Waals surface area contributed by atoms with Crippen LogP contribution in [0, 0.1) is 27.7 Å². The molecule has 12 nitrogen and oxygen atoms in total. The van der Waals surface area contributed by atoms with Crippen molar-refractivity contribution < 1.29 is 34.8 Å². The first-order valence-electron chi connectivity index (χ1n) is 15.2. The second-order valence-electron chi connectivity index (χ2n) is 11.4. The van der Waals surface area contributed by atoms with Crippen molar-refractivity contribution in [2.45, 2.75) is 37.5 Å². The second-order valence-corrected chi connectivity index (χ2v) is 14.4. The summed E-state index contributed by atoms with van der Waals surface area (Å²) in [6.45, 7) is 6.94. The molecule has 0 bridgehead atoms. The van der Waals surface area contributed by atoms with Crippen LogP contribution in [0.4, 0.5) is 32.3 Å². The third-order valence-corrected chi connectivity index (χ3v) is 10.1. The fraction of sp³-hybridized carbons (Fsp3) is 0.111. The molecule has 0 atom stereocenters. The third-order valence-electron chi connectivity index (χ3n) is 7.29. The smallest absolute Gasteiger partial charge is 0.339 e. The largest absolute Gasteiger partial charge is 0.379 e. The lowest BCUT2D eigenvalue weighted by Crippen LogP contribution is -2.23. The molecule has 0 aromatic heterocycles. The number of anilines is 4. The molecule has 258 valence electrons. The summed E-state index contributed by atoms with van der Waals surface area (Å²) in [6.07, 6.45) is 0. The summed E-state index contributed by atoms with van der Waals surface area (Å²) < 4.78 is 61.8. The lowest BCUT2D eigenvalue weighted by molar-refractivity contribution is 0.261. The average molecular weight is 715 g/mol. The fourth-order valence-corrected chi connectivity index (χ4v) is 7.25. The number of carbonyl (C=O) groups is 2. The monoisotopic (exact) mass is 714 g/mol. The number of amides is 4. The minimum absolute atomic E-state index is 0.0713. The Morgan fingerprint density at radius 1 is 0.480 bits per heavy atom. The van der Waals surface area contributed by atoms with E-state index in [1.165, 1.54) is 48.5 Å². The van der Waals surface area contributed by atoms with E-state index in [0.717, 1.165) is 11.1 Å². The molecule has 14 heteroatoms.